The molecule has 0 radical (unpaired) electrons. The van der Waals surface area contributed by atoms with Crippen LogP contribution in [-0.4, -0.2) is 10.9 Å². The summed E-state index contributed by atoms with van der Waals surface area (Å²) in [5.41, 5.74) is -0.872. The molecule has 0 heterocycles. The maximum atomic E-state index is 11.3. The van der Waals surface area contributed by atoms with E-state index in [0.29, 0.717) is 5.56 Å². The zero-order chi connectivity index (χ0) is 9.90. The minimum Gasteiger partial charge on any atom is -0.377 e. The molecule has 1 rings (SSSR count). The Balaban J connectivity index is 3.07. The second-order valence-electron chi connectivity index (χ2n) is 3.01. The zero-order valence-corrected chi connectivity index (χ0v) is 7.53. The molecule has 0 saturated carbocycles. The van der Waals surface area contributed by atoms with Crippen LogP contribution in [0.15, 0.2) is 43.0 Å². The maximum absolute atomic E-state index is 11.3. The summed E-state index contributed by atoms with van der Waals surface area (Å²) in [5, 5.41) is 9.83. The zero-order valence-electron chi connectivity index (χ0n) is 7.53. The Hall–Kier alpha value is -1.41. The summed E-state index contributed by atoms with van der Waals surface area (Å²) in [7, 11) is 0. The highest BCUT2D eigenvalue weighted by atomic mass is 16.3. The minimum atomic E-state index is -1.46. The lowest BCUT2D eigenvalue weighted by Crippen LogP contribution is -2.30. The molecule has 2 nitrogen and oxygen atoms in total. The number of hydrogen-bond acceptors (Lipinski definition) is 2. The monoisotopic (exact) mass is 176 g/mol. The number of rotatable bonds is 3. The van der Waals surface area contributed by atoms with Gasteiger partial charge in [-0.05, 0) is 18.6 Å². The predicted octanol–water partition coefficient (Wildman–Crippen LogP) is 1.65. The summed E-state index contributed by atoms with van der Waals surface area (Å²) in [4.78, 5) is 11.3. The molecule has 1 atom stereocenters. The van der Waals surface area contributed by atoms with Crippen molar-refractivity contribution in [2.45, 2.75) is 12.5 Å². The molecule has 0 amide bonds. The van der Waals surface area contributed by atoms with Gasteiger partial charge in [-0.1, -0.05) is 36.9 Å². The molecule has 0 aliphatic rings. The van der Waals surface area contributed by atoms with Crippen LogP contribution in [0.5, 0.6) is 0 Å². The van der Waals surface area contributed by atoms with Crippen LogP contribution < -0.4 is 0 Å². The fourth-order valence-corrected chi connectivity index (χ4v) is 1.10. The molecule has 0 saturated heterocycles. The van der Waals surface area contributed by atoms with Crippen molar-refractivity contribution in [1.29, 1.82) is 0 Å². The van der Waals surface area contributed by atoms with Crippen molar-refractivity contribution < 1.29 is 9.90 Å². The topological polar surface area (TPSA) is 37.3 Å². The smallest absolute Gasteiger partial charge is 0.190 e. The second-order valence-corrected chi connectivity index (χ2v) is 3.01. The van der Waals surface area contributed by atoms with Crippen molar-refractivity contribution >= 4 is 5.78 Å². The molecule has 0 aliphatic carbocycles. The van der Waals surface area contributed by atoms with E-state index in [4.69, 9.17) is 0 Å². The Kier molecular flexibility index (Phi) is 2.63. The molecule has 0 bridgehead atoms. The van der Waals surface area contributed by atoms with E-state index in [2.05, 4.69) is 6.58 Å². The average Bonchev–Trinajstić information content (AvgIpc) is 2.18. The van der Waals surface area contributed by atoms with Crippen LogP contribution >= 0.6 is 0 Å². The number of carbonyl (C=O) groups excluding carboxylic acids is 1. The normalized spacial score (nSPS) is 14.6. The first kappa shape index (κ1) is 9.68. The Morgan fingerprint density at radius 2 is 2.00 bits per heavy atom. The minimum absolute atomic E-state index is 0.390. The van der Waals surface area contributed by atoms with Gasteiger partial charge in [0.2, 0.25) is 0 Å². The molecule has 68 valence electrons. The highest BCUT2D eigenvalue weighted by Gasteiger charge is 2.29. The van der Waals surface area contributed by atoms with Gasteiger partial charge >= 0.3 is 0 Å². The van der Waals surface area contributed by atoms with Crippen LogP contribution in [-0.2, 0) is 10.4 Å². The highest BCUT2D eigenvalue weighted by molar-refractivity contribution is 5.96. The summed E-state index contributed by atoms with van der Waals surface area (Å²) in [5.74, 6) is -0.390. The van der Waals surface area contributed by atoms with Gasteiger partial charge in [-0.25, -0.2) is 0 Å². The van der Waals surface area contributed by atoms with Crippen LogP contribution in [0.1, 0.15) is 12.5 Å². The Labute approximate surface area is 77.5 Å². The quantitative estimate of drug-likeness (QED) is 0.711. The Morgan fingerprint density at radius 3 is 2.46 bits per heavy atom. The van der Waals surface area contributed by atoms with E-state index in [-0.39, 0.29) is 0 Å². The van der Waals surface area contributed by atoms with Gasteiger partial charge in [-0.2, -0.15) is 0 Å². The van der Waals surface area contributed by atoms with Gasteiger partial charge in [0.15, 0.2) is 5.78 Å². The number of aliphatic hydroxyl groups is 1. The van der Waals surface area contributed by atoms with Gasteiger partial charge in [-0.3, -0.25) is 4.79 Å². The number of carbonyl (C=O) groups is 1. The number of hydrogen-bond donors (Lipinski definition) is 1. The van der Waals surface area contributed by atoms with Crippen LogP contribution in [0.4, 0.5) is 0 Å². The molecule has 0 fully saturated rings. The van der Waals surface area contributed by atoms with Gasteiger partial charge < -0.3 is 5.11 Å². The molecule has 13 heavy (non-hydrogen) atoms. The van der Waals surface area contributed by atoms with Gasteiger partial charge in [0.1, 0.15) is 5.60 Å². The number of ketones is 1. The first-order valence-corrected chi connectivity index (χ1v) is 4.04. The van der Waals surface area contributed by atoms with Crippen molar-refractivity contribution in [1.82, 2.24) is 0 Å². The third kappa shape index (κ3) is 1.84. The van der Waals surface area contributed by atoms with Crippen molar-refractivity contribution in [3.05, 3.63) is 48.6 Å². The van der Waals surface area contributed by atoms with Crippen molar-refractivity contribution in [3.63, 3.8) is 0 Å². The van der Waals surface area contributed by atoms with Crippen molar-refractivity contribution in [2.75, 3.05) is 0 Å². The van der Waals surface area contributed by atoms with Crippen molar-refractivity contribution in [2.24, 2.45) is 0 Å². The molecular weight excluding hydrogens is 164 g/mol. The molecule has 0 aliphatic heterocycles. The van der Waals surface area contributed by atoms with E-state index in [9.17, 15) is 9.90 Å². The van der Waals surface area contributed by atoms with Crippen molar-refractivity contribution in [3.8, 4) is 0 Å². The molecule has 1 N–H and O–H groups in total. The summed E-state index contributed by atoms with van der Waals surface area (Å²) in [6, 6.07) is 8.81. The van der Waals surface area contributed by atoms with Gasteiger partial charge in [-0.15, -0.1) is 0 Å². The van der Waals surface area contributed by atoms with Crippen LogP contribution in [0.25, 0.3) is 0 Å². The lowest BCUT2D eigenvalue weighted by Gasteiger charge is -2.19. The third-order valence-electron chi connectivity index (χ3n) is 2.00. The van der Waals surface area contributed by atoms with E-state index in [1.807, 2.05) is 6.07 Å². The molecule has 0 spiro atoms. The fourth-order valence-electron chi connectivity index (χ4n) is 1.10. The highest BCUT2D eigenvalue weighted by Crippen LogP contribution is 2.21. The van der Waals surface area contributed by atoms with E-state index < -0.39 is 11.4 Å². The third-order valence-corrected chi connectivity index (χ3v) is 2.00. The largest absolute Gasteiger partial charge is 0.377 e. The summed E-state index contributed by atoms with van der Waals surface area (Å²) in [6.07, 6.45) is 1.13. The Morgan fingerprint density at radius 1 is 1.46 bits per heavy atom. The lowest BCUT2D eigenvalue weighted by molar-refractivity contribution is -0.131. The molecular formula is C11H12O2. The van der Waals surface area contributed by atoms with E-state index in [0.717, 1.165) is 6.08 Å². The van der Waals surface area contributed by atoms with Crippen LogP contribution in [0, 0.1) is 0 Å². The van der Waals surface area contributed by atoms with Gasteiger partial charge in [0, 0.05) is 0 Å². The average molecular weight is 176 g/mol. The maximum Gasteiger partial charge on any atom is 0.190 e. The molecule has 2 heteroatoms. The number of benzene rings is 1. The van der Waals surface area contributed by atoms with Crippen LogP contribution in [0.2, 0.25) is 0 Å². The van der Waals surface area contributed by atoms with E-state index in [1.54, 1.807) is 24.3 Å². The second kappa shape index (κ2) is 3.54. The first-order valence-electron chi connectivity index (χ1n) is 4.04. The van der Waals surface area contributed by atoms with Crippen LogP contribution in [0.3, 0.4) is 0 Å². The van der Waals surface area contributed by atoms with Gasteiger partial charge in [0.05, 0.1) is 0 Å². The standard InChI is InChI=1S/C11H12O2/c1-3-10(12)11(2,13)9-7-5-4-6-8-9/h3-8,13H,1H2,2H3. The molecule has 1 aromatic rings. The molecule has 1 aromatic carbocycles. The molecule has 0 aromatic heterocycles. The Bertz CT molecular complexity index is 312. The van der Waals surface area contributed by atoms with E-state index in [1.165, 1.54) is 6.92 Å². The van der Waals surface area contributed by atoms with E-state index >= 15 is 0 Å². The summed E-state index contributed by atoms with van der Waals surface area (Å²) in [6.45, 7) is 4.81. The first-order chi connectivity index (χ1) is 6.09. The molecule has 1 unspecified atom stereocenters. The lowest BCUT2D eigenvalue weighted by atomic mass is 9.92. The summed E-state index contributed by atoms with van der Waals surface area (Å²) >= 11 is 0. The fraction of sp³-hybridized carbons (Fsp3) is 0.182. The summed E-state index contributed by atoms with van der Waals surface area (Å²) < 4.78 is 0. The van der Waals surface area contributed by atoms with Gasteiger partial charge in [0.25, 0.3) is 0 Å². The predicted molar refractivity (Wildman–Crippen MR) is 51.2 cm³/mol. The SMILES string of the molecule is C=CC(=O)C(C)(O)c1ccccc1.